The van der Waals surface area contributed by atoms with Crippen molar-refractivity contribution in [2.45, 2.75) is 50.7 Å². The molecule has 1 aliphatic carbocycles. The highest BCUT2D eigenvalue weighted by atomic mass is 16.5. The number of ether oxygens (including phenoxy) is 1. The van der Waals surface area contributed by atoms with E-state index in [4.69, 9.17) is 10.5 Å². The molecule has 2 atom stereocenters. The van der Waals surface area contributed by atoms with Gasteiger partial charge in [-0.3, -0.25) is 4.79 Å². The fraction of sp³-hybridized carbons (Fsp3) is 0.632. The summed E-state index contributed by atoms with van der Waals surface area (Å²) in [6, 6.07) is 10.7. The van der Waals surface area contributed by atoms with Gasteiger partial charge in [0.15, 0.2) is 0 Å². The van der Waals surface area contributed by atoms with Crippen molar-refractivity contribution in [3.05, 3.63) is 35.9 Å². The molecule has 0 spiro atoms. The van der Waals surface area contributed by atoms with Crippen molar-refractivity contribution >= 4 is 5.91 Å². The molecule has 1 saturated heterocycles. The van der Waals surface area contributed by atoms with Crippen LogP contribution in [0.1, 0.15) is 37.7 Å². The van der Waals surface area contributed by atoms with Crippen molar-refractivity contribution in [3.8, 4) is 0 Å². The molecular weight excluding hydrogens is 288 g/mol. The van der Waals surface area contributed by atoms with Gasteiger partial charge in [0, 0.05) is 25.0 Å². The summed E-state index contributed by atoms with van der Waals surface area (Å²) in [4.78, 5) is 14.5. The van der Waals surface area contributed by atoms with Crippen molar-refractivity contribution in [2.75, 3.05) is 19.7 Å². The number of likely N-dealkylation sites (tertiary alicyclic amines) is 1. The number of carbonyl (C=O) groups excluding carboxylic acids is 1. The zero-order valence-corrected chi connectivity index (χ0v) is 13.8. The Bertz CT molecular complexity index is 497. The highest BCUT2D eigenvalue weighted by molar-refractivity contribution is 5.79. The monoisotopic (exact) mass is 316 g/mol. The Morgan fingerprint density at radius 3 is 2.52 bits per heavy atom. The fourth-order valence-corrected chi connectivity index (χ4v) is 3.73. The van der Waals surface area contributed by atoms with Crippen LogP contribution in [0.15, 0.2) is 30.3 Å². The van der Waals surface area contributed by atoms with Gasteiger partial charge in [-0.2, -0.15) is 0 Å². The quantitative estimate of drug-likeness (QED) is 0.907. The number of nitrogens with two attached hydrogens (primary N) is 1. The van der Waals surface area contributed by atoms with Gasteiger partial charge in [0.1, 0.15) is 0 Å². The van der Waals surface area contributed by atoms with E-state index in [-0.39, 0.29) is 12.0 Å². The predicted octanol–water partition coefficient (Wildman–Crippen LogP) is 2.36. The SMILES string of the molecule is NC1CCC(C(=O)N2CCC(OCCc3ccccc3)CC2)C1. The molecule has 4 heteroatoms. The average molecular weight is 316 g/mol. The lowest BCUT2D eigenvalue weighted by atomic mass is 10.0. The topological polar surface area (TPSA) is 55.6 Å². The van der Waals surface area contributed by atoms with Crippen LogP contribution in [0.2, 0.25) is 0 Å². The molecule has 2 fully saturated rings. The zero-order valence-electron chi connectivity index (χ0n) is 13.8. The molecule has 126 valence electrons. The van der Waals surface area contributed by atoms with Crippen LogP contribution in [0.25, 0.3) is 0 Å². The molecule has 4 nitrogen and oxygen atoms in total. The first-order chi connectivity index (χ1) is 11.2. The molecule has 2 aliphatic rings. The molecule has 0 radical (unpaired) electrons. The number of nitrogens with zero attached hydrogens (tertiary/aromatic N) is 1. The Kier molecular flexibility index (Phi) is 5.68. The average Bonchev–Trinajstić information content (AvgIpc) is 3.02. The fourth-order valence-electron chi connectivity index (χ4n) is 3.73. The Labute approximate surface area is 139 Å². The highest BCUT2D eigenvalue weighted by Gasteiger charge is 2.32. The van der Waals surface area contributed by atoms with E-state index in [0.717, 1.165) is 58.2 Å². The second-order valence-electron chi connectivity index (χ2n) is 6.90. The number of carbonyl (C=O) groups is 1. The summed E-state index contributed by atoms with van der Waals surface area (Å²) in [7, 11) is 0. The van der Waals surface area contributed by atoms with Gasteiger partial charge in [-0.25, -0.2) is 0 Å². The van der Waals surface area contributed by atoms with Gasteiger partial charge in [0.25, 0.3) is 0 Å². The summed E-state index contributed by atoms with van der Waals surface area (Å²) in [6.45, 7) is 2.43. The zero-order chi connectivity index (χ0) is 16.1. The lowest BCUT2D eigenvalue weighted by Crippen LogP contribution is -2.43. The lowest BCUT2D eigenvalue weighted by molar-refractivity contribution is -0.138. The van der Waals surface area contributed by atoms with E-state index in [2.05, 4.69) is 24.3 Å². The van der Waals surface area contributed by atoms with Crippen LogP contribution < -0.4 is 5.73 Å². The van der Waals surface area contributed by atoms with Gasteiger partial charge in [0.05, 0.1) is 12.7 Å². The van der Waals surface area contributed by atoms with Crippen LogP contribution in [0, 0.1) is 5.92 Å². The van der Waals surface area contributed by atoms with Crippen LogP contribution in [0.5, 0.6) is 0 Å². The number of hydrogen-bond acceptors (Lipinski definition) is 3. The Balaban J connectivity index is 1.36. The first kappa shape index (κ1) is 16.5. The Hall–Kier alpha value is -1.39. The van der Waals surface area contributed by atoms with Gasteiger partial charge >= 0.3 is 0 Å². The summed E-state index contributed by atoms with van der Waals surface area (Å²) < 4.78 is 6.00. The maximum absolute atomic E-state index is 12.5. The van der Waals surface area contributed by atoms with E-state index in [1.54, 1.807) is 0 Å². The van der Waals surface area contributed by atoms with Crippen molar-refractivity contribution in [3.63, 3.8) is 0 Å². The van der Waals surface area contributed by atoms with Crippen molar-refractivity contribution in [1.82, 2.24) is 4.90 Å². The van der Waals surface area contributed by atoms with E-state index in [1.165, 1.54) is 5.56 Å². The van der Waals surface area contributed by atoms with E-state index in [0.29, 0.717) is 12.0 Å². The van der Waals surface area contributed by atoms with E-state index in [1.807, 2.05) is 11.0 Å². The molecule has 1 heterocycles. The van der Waals surface area contributed by atoms with E-state index >= 15 is 0 Å². The van der Waals surface area contributed by atoms with Gasteiger partial charge in [0.2, 0.25) is 5.91 Å². The summed E-state index contributed by atoms with van der Waals surface area (Å²) in [5.74, 6) is 0.487. The standard InChI is InChI=1S/C19H28N2O2/c20-17-7-6-16(14-17)19(22)21-11-8-18(9-12-21)23-13-10-15-4-2-1-3-5-15/h1-5,16-18H,6-14,20H2. The summed E-state index contributed by atoms with van der Waals surface area (Å²) in [5, 5.41) is 0. The van der Waals surface area contributed by atoms with Gasteiger partial charge < -0.3 is 15.4 Å². The third-order valence-corrected chi connectivity index (χ3v) is 5.16. The van der Waals surface area contributed by atoms with Crippen molar-refractivity contribution in [1.29, 1.82) is 0 Å². The molecule has 0 bridgehead atoms. The van der Waals surface area contributed by atoms with E-state index in [9.17, 15) is 4.79 Å². The highest BCUT2D eigenvalue weighted by Crippen LogP contribution is 2.27. The molecule has 1 amide bonds. The largest absolute Gasteiger partial charge is 0.378 e. The molecule has 1 saturated carbocycles. The molecule has 2 unspecified atom stereocenters. The van der Waals surface area contributed by atoms with Gasteiger partial charge in [-0.05, 0) is 44.1 Å². The molecule has 1 aliphatic heterocycles. The van der Waals surface area contributed by atoms with Crippen LogP contribution in [0.3, 0.4) is 0 Å². The minimum atomic E-state index is 0.167. The number of amides is 1. The molecule has 0 aromatic heterocycles. The Morgan fingerprint density at radius 1 is 1.13 bits per heavy atom. The maximum atomic E-state index is 12.5. The summed E-state index contributed by atoms with van der Waals surface area (Å²) in [5.41, 5.74) is 7.24. The van der Waals surface area contributed by atoms with Crippen LogP contribution in [-0.2, 0) is 16.0 Å². The third kappa shape index (κ3) is 4.55. The molecule has 1 aromatic rings. The first-order valence-electron chi connectivity index (χ1n) is 8.92. The summed E-state index contributed by atoms with van der Waals surface area (Å²) >= 11 is 0. The smallest absolute Gasteiger partial charge is 0.225 e. The van der Waals surface area contributed by atoms with Crippen molar-refractivity contribution in [2.24, 2.45) is 11.7 Å². The molecule has 23 heavy (non-hydrogen) atoms. The molecule has 2 N–H and O–H groups in total. The molecular formula is C19H28N2O2. The Morgan fingerprint density at radius 2 is 1.87 bits per heavy atom. The van der Waals surface area contributed by atoms with Gasteiger partial charge in [-0.15, -0.1) is 0 Å². The van der Waals surface area contributed by atoms with Crippen LogP contribution >= 0.6 is 0 Å². The predicted molar refractivity (Wildman–Crippen MR) is 91.0 cm³/mol. The van der Waals surface area contributed by atoms with Crippen LogP contribution in [-0.4, -0.2) is 42.6 Å². The third-order valence-electron chi connectivity index (χ3n) is 5.16. The molecule has 3 rings (SSSR count). The van der Waals surface area contributed by atoms with Gasteiger partial charge in [-0.1, -0.05) is 30.3 Å². The molecule has 1 aromatic carbocycles. The van der Waals surface area contributed by atoms with E-state index < -0.39 is 0 Å². The van der Waals surface area contributed by atoms with Crippen LogP contribution in [0.4, 0.5) is 0 Å². The first-order valence-corrected chi connectivity index (χ1v) is 8.92. The second kappa shape index (κ2) is 7.93. The number of benzene rings is 1. The normalized spacial score (nSPS) is 25.7. The minimum Gasteiger partial charge on any atom is -0.378 e. The number of hydrogen-bond donors (Lipinski definition) is 1. The second-order valence-corrected chi connectivity index (χ2v) is 6.90. The minimum absolute atomic E-state index is 0.167. The lowest BCUT2D eigenvalue weighted by Gasteiger charge is -2.33. The summed E-state index contributed by atoms with van der Waals surface area (Å²) in [6.07, 6.45) is 6.00. The maximum Gasteiger partial charge on any atom is 0.225 e. The number of rotatable bonds is 5. The number of piperidine rings is 1. The van der Waals surface area contributed by atoms with Crippen molar-refractivity contribution < 1.29 is 9.53 Å².